The third kappa shape index (κ3) is 5.77. The number of hydrogen-bond acceptors (Lipinski definition) is 5. The number of rotatable bonds is 9. The van der Waals surface area contributed by atoms with E-state index < -0.39 is 23.1 Å². The number of hydrogen-bond donors (Lipinski definition) is 2. The molecule has 0 aliphatic rings. The zero-order valence-electron chi connectivity index (χ0n) is 19.0. The van der Waals surface area contributed by atoms with Crippen molar-refractivity contribution in [3.63, 3.8) is 0 Å². The Morgan fingerprint density at radius 3 is 2.52 bits per heavy atom. The zero-order chi connectivity index (χ0) is 24.0. The van der Waals surface area contributed by atoms with Crippen molar-refractivity contribution in [3.05, 3.63) is 70.3 Å². The van der Waals surface area contributed by atoms with E-state index in [1.165, 1.54) is 29.0 Å². The molecule has 0 saturated carbocycles. The molecular weight excluding hydrogens is 425 g/mol. The van der Waals surface area contributed by atoms with Crippen molar-refractivity contribution in [2.24, 2.45) is 5.92 Å². The van der Waals surface area contributed by atoms with Gasteiger partial charge in [-0.05, 0) is 43.5 Å². The fraction of sp³-hybridized carbons (Fsp3) is 0.320. The van der Waals surface area contributed by atoms with E-state index in [0.29, 0.717) is 11.6 Å². The van der Waals surface area contributed by atoms with E-state index in [0.717, 1.165) is 18.7 Å². The first-order valence-electron chi connectivity index (χ1n) is 10.9. The lowest BCUT2D eigenvalue weighted by Gasteiger charge is -2.16. The van der Waals surface area contributed by atoms with Gasteiger partial charge in [0.2, 0.25) is 11.3 Å². The minimum Gasteiger partial charge on any atom is -0.462 e. The maximum atomic E-state index is 14.6. The third-order valence-electron chi connectivity index (χ3n) is 5.10. The molecule has 2 N–H and O–H groups in total. The van der Waals surface area contributed by atoms with Crippen molar-refractivity contribution in [2.75, 3.05) is 23.8 Å². The van der Waals surface area contributed by atoms with Gasteiger partial charge in [0.1, 0.15) is 17.9 Å². The summed E-state index contributed by atoms with van der Waals surface area (Å²) in [5, 5.41) is 6.15. The highest BCUT2D eigenvalue weighted by Gasteiger charge is 2.19. The largest absolute Gasteiger partial charge is 0.462 e. The monoisotopic (exact) mass is 453 g/mol. The van der Waals surface area contributed by atoms with E-state index in [4.69, 9.17) is 4.74 Å². The summed E-state index contributed by atoms with van der Waals surface area (Å²) >= 11 is 0. The summed E-state index contributed by atoms with van der Waals surface area (Å²) in [6.07, 6.45) is 2.15. The van der Waals surface area contributed by atoms with Crippen LogP contribution in [0.15, 0.2) is 53.5 Å². The second-order valence-electron chi connectivity index (χ2n) is 8.06. The number of carbonyl (C=O) groups is 2. The fourth-order valence-electron chi connectivity index (χ4n) is 3.48. The van der Waals surface area contributed by atoms with Crippen molar-refractivity contribution in [2.45, 2.75) is 33.7 Å². The maximum absolute atomic E-state index is 14.6. The van der Waals surface area contributed by atoms with Gasteiger partial charge in [-0.25, -0.2) is 9.18 Å². The topological polar surface area (TPSA) is 89.4 Å². The first-order chi connectivity index (χ1) is 15.8. The summed E-state index contributed by atoms with van der Waals surface area (Å²) in [4.78, 5) is 37.9. The van der Waals surface area contributed by atoms with Gasteiger partial charge in [0.15, 0.2) is 0 Å². The molecule has 0 atom stereocenters. The molecule has 0 spiro atoms. The average Bonchev–Trinajstić information content (AvgIpc) is 2.76. The fourth-order valence-corrected chi connectivity index (χ4v) is 3.48. The molecule has 2 aromatic carbocycles. The molecule has 8 heteroatoms. The van der Waals surface area contributed by atoms with Gasteiger partial charge in [-0.2, -0.15) is 0 Å². The van der Waals surface area contributed by atoms with Crippen LogP contribution < -0.4 is 16.1 Å². The Labute approximate surface area is 191 Å². The van der Waals surface area contributed by atoms with Crippen LogP contribution in [0.25, 0.3) is 10.9 Å². The Hall–Kier alpha value is -3.68. The normalized spacial score (nSPS) is 10.9. The number of ether oxygens (including phenoxy) is 1. The average molecular weight is 454 g/mol. The lowest BCUT2D eigenvalue weighted by molar-refractivity contribution is -0.116. The Bertz CT molecular complexity index is 1220. The van der Waals surface area contributed by atoms with Crippen molar-refractivity contribution >= 4 is 34.2 Å². The van der Waals surface area contributed by atoms with Crippen LogP contribution in [-0.4, -0.2) is 29.6 Å². The predicted molar refractivity (Wildman–Crippen MR) is 127 cm³/mol. The molecule has 33 heavy (non-hydrogen) atoms. The van der Waals surface area contributed by atoms with Gasteiger partial charge < -0.3 is 19.9 Å². The number of nitrogens with one attached hydrogen (secondary N) is 2. The molecule has 3 rings (SSSR count). The van der Waals surface area contributed by atoms with Gasteiger partial charge in [0, 0.05) is 18.1 Å². The van der Waals surface area contributed by atoms with Crippen molar-refractivity contribution in [1.82, 2.24) is 4.57 Å². The molecule has 0 aliphatic heterocycles. The number of carbonyl (C=O) groups excluding carboxylic acids is 2. The quantitative estimate of drug-likeness (QED) is 0.469. The van der Waals surface area contributed by atoms with Gasteiger partial charge in [-0.1, -0.05) is 32.0 Å². The molecule has 3 aromatic rings. The van der Waals surface area contributed by atoms with Crippen LogP contribution in [0.3, 0.4) is 0 Å². The van der Waals surface area contributed by atoms with Crippen LogP contribution in [-0.2, 0) is 16.1 Å². The predicted octanol–water partition coefficient (Wildman–Crippen LogP) is 4.41. The molecule has 0 fully saturated rings. The Morgan fingerprint density at radius 2 is 1.82 bits per heavy atom. The van der Waals surface area contributed by atoms with Crippen molar-refractivity contribution in [3.8, 4) is 0 Å². The number of nitrogens with zero attached hydrogens (tertiary/aromatic N) is 1. The summed E-state index contributed by atoms with van der Waals surface area (Å²) in [6, 6.07) is 11.3. The van der Waals surface area contributed by atoms with E-state index >= 15 is 0 Å². The second-order valence-corrected chi connectivity index (χ2v) is 8.06. The van der Waals surface area contributed by atoms with Gasteiger partial charge in [0.05, 0.1) is 23.5 Å². The van der Waals surface area contributed by atoms with Gasteiger partial charge >= 0.3 is 5.97 Å². The van der Waals surface area contributed by atoms with Crippen LogP contribution in [0.5, 0.6) is 0 Å². The number of anilines is 2. The number of fused-ring (bicyclic) bond motifs is 1. The Balaban J connectivity index is 1.91. The lowest BCUT2D eigenvalue weighted by atomic mass is 10.1. The van der Waals surface area contributed by atoms with E-state index in [1.54, 1.807) is 19.1 Å². The van der Waals surface area contributed by atoms with Gasteiger partial charge in [-0.15, -0.1) is 0 Å². The molecule has 0 aliphatic carbocycles. The summed E-state index contributed by atoms with van der Waals surface area (Å²) in [5.74, 6) is -1.38. The SMILES string of the molecule is CCOC(=O)c1cn(CC(=O)Nc2ccccc2NCCC(C)C)c2c(F)cccc2c1=O. The molecular formula is C25H28FN3O4. The molecule has 1 heterocycles. The lowest BCUT2D eigenvalue weighted by Crippen LogP contribution is -2.25. The van der Waals surface area contributed by atoms with E-state index in [2.05, 4.69) is 24.5 Å². The number of benzene rings is 2. The molecule has 7 nitrogen and oxygen atoms in total. The van der Waals surface area contributed by atoms with Crippen LogP contribution in [0.4, 0.5) is 15.8 Å². The minimum absolute atomic E-state index is 0.00380. The first-order valence-corrected chi connectivity index (χ1v) is 10.9. The van der Waals surface area contributed by atoms with E-state index in [-0.39, 0.29) is 29.6 Å². The van der Waals surface area contributed by atoms with E-state index in [9.17, 15) is 18.8 Å². The number of esters is 1. The highest BCUT2D eigenvalue weighted by molar-refractivity contribution is 5.97. The Kier molecular flexibility index (Phi) is 7.82. The van der Waals surface area contributed by atoms with Crippen LogP contribution in [0, 0.1) is 11.7 Å². The summed E-state index contributed by atoms with van der Waals surface area (Å²) in [7, 11) is 0. The van der Waals surface area contributed by atoms with Crippen LogP contribution >= 0.6 is 0 Å². The molecule has 1 aromatic heterocycles. The maximum Gasteiger partial charge on any atom is 0.343 e. The third-order valence-corrected chi connectivity index (χ3v) is 5.10. The van der Waals surface area contributed by atoms with E-state index in [1.807, 2.05) is 12.1 Å². The summed E-state index contributed by atoms with van der Waals surface area (Å²) in [6.45, 7) is 6.42. The van der Waals surface area contributed by atoms with Crippen LogP contribution in [0.1, 0.15) is 37.6 Å². The standard InChI is InChI=1S/C25H28FN3O4/c1-4-33-25(32)18-14-29(23-17(24(18)31)8-7-9-19(23)26)15-22(30)28-21-11-6-5-10-20(21)27-13-12-16(2)3/h5-11,14,16,27H,4,12-13,15H2,1-3H3,(H,28,30). The highest BCUT2D eigenvalue weighted by Crippen LogP contribution is 2.22. The molecule has 1 amide bonds. The highest BCUT2D eigenvalue weighted by atomic mass is 19.1. The number of pyridine rings is 1. The van der Waals surface area contributed by atoms with Crippen molar-refractivity contribution in [1.29, 1.82) is 0 Å². The molecule has 174 valence electrons. The zero-order valence-corrected chi connectivity index (χ0v) is 19.0. The number of halogens is 1. The summed E-state index contributed by atoms with van der Waals surface area (Å²) in [5.41, 5.74) is 0.421. The number of para-hydroxylation sites is 3. The van der Waals surface area contributed by atoms with Crippen molar-refractivity contribution < 1.29 is 18.7 Å². The Morgan fingerprint density at radius 1 is 1.09 bits per heavy atom. The minimum atomic E-state index is -0.817. The van der Waals surface area contributed by atoms with Crippen LogP contribution in [0.2, 0.25) is 0 Å². The smallest absolute Gasteiger partial charge is 0.343 e. The number of aromatic nitrogens is 1. The first kappa shape index (κ1) is 24.0. The second kappa shape index (κ2) is 10.8. The number of amides is 1. The molecule has 0 radical (unpaired) electrons. The van der Waals surface area contributed by atoms with Gasteiger partial charge in [-0.3, -0.25) is 9.59 Å². The molecule has 0 unspecified atom stereocenters. The van der Waals surface area contributed by atoms with Gasteiger partial charge in [0.25, 0.3) is 0 Å². The molecule has 0 saturated heterocycles. The molecule has 0 bridgehead atoms. The summed E-state index contributed by atoms with van der Waals surface area (Å²) < 4.78 is 20.9.